The number of hydrogen-bond donors (Lipinski definition) is 1. The molecule has 0 bridgehead atoms. The first kappa shape index (κ1) is 16.7. The Morgan fingerprint density at radius 1 is 1.08 bits per heavy atom. The molecule has 26 heavy (non-hydrogen) atoms. The molecule has 0 atom stereocenters. The average molecular weight is 353 g/mol. The molecular formula is C20H23N3O3. The second-order valence-corrected chi connectivity index (χ2v) is 6.65. The number of nitrogens with zero attached hydrogens (tertiary/aromatic N) is 2. The SMILES string of the molecule is O=C(NCc1ccc2c(c1)OCO2)c1cccnc1N1CCCCCC1. The van der Waals surface area contributed by atoms with Crippen LogP contribution in [0.3, 0.4) is 0 Å². The number of anilines is 1. The lowest BCUT2D eigenvalue weighted by atomic mass is 10.1. The molecule has 1 aromatic carbocycles. The molecule has 0 unspecified atom stereocenters. The Kier molecular flexibility index (Phi) is 4.91. The number of rotatable bonds is 4. The molecule has 6 nitrogen and oxygen atoms in total. The van der Waals surface area contributed by atoms with Crippen LogP contribution in [0.25, 0.3) is 0 Å². The van der Waals surface area contributed by atoms with Crippen molar-refractivity contribution in [1.29, 1.82) is 0 Å². The first-order valence-electron chi connectivity index (χ1n) is 9.18. The third-order valence-corrected chi connectivity index (χ3v) is 4.83. The monoisotopic (exact) mass is 353 g/mol. The van der Waals surface area contributed by atoms with Gasteiger partial charge >= 0.3 is 0 Å². The van der Waals surface area contributed by atoms with E-state index in [9.17, 15) is 4.79 Å². The highest BCUT2D eigenvalue weighted by Crippen LogP contribution is 2.32. The minimum absolute atomic E-state index is 0.102. The van der Waals surface area contributed by atoms with Gasteiger partial charge in [0.05, 0.1) is 5.56 Å². The van der Waals surface area contributed by atoms with Crippen LogP contribution >= 0.6 is 0 Å². The summed E-state index contributed by atoms with van der Waals surface area (Å²) in [5.74, 6) is 2.16. The fourth-order valence-electron chi connectivity index (χ4n) is 3.44. The molecular weight excluding hydrogens is 330 g/mol. The van der Waals surface area contributed by atoms with Gasteiger partial charge < -0.3 is 19.7 Å². The van der Waals surface area contributed by atoms with Crippen LogP contribution in [0.2, 0.25) is 0 Å². The van der Waals surface area contributed by atoms with Crippen LogP contribution in [0, 0.1) is 0 Å². The Hall–Kier alpha value is -2.76. The Morgan fingerprint density at radius 2 is 1.88 bits per heavy atom. The van der Waals surface area contributed by atoms with Gasteiger partial charge in [-0.2, -0.15) is 0 Å². The van der Waals surface area contributed by atoms with Gasteiger partial charge in [-0.15, -0.1) is 0 Å². The van der Waals surface area contributed by atoms with Crippen molar-refractivity contribution in [3.05, 3.63) is 47.7 Å². The number of benzene rings is 1. The van der Waals surface area contributed by atoms with Gasteiger partial charge in [-0.05, 0) is 42.7 Å². The van der Waals surface area contributed by atoms with E-state index in [1.807, 2.05) is 30.3 Å². The predicted octanol–water partition coefficient (Wildman–Crippen LogP) is 3.12. The molecule has 0 spiro atoms. The van der Waals surface area contributed by atoms with Crippen molar-refractivity contribution < 1.29 is 14.3 Å². The van der Waals surface area contributed by atoms with E-state index >= 15 is 0 Å². The summed E-state index contributed by atoms with van der Waals surface area (Å²) in [4.78, 5) is 19.5. The Labute approximate surface area is 153 Å². The van der Waals surface area contributed by atoms with Gasteiger partial charge in [0.2, 0.25) is 6.79 Å². The van der Waals surface area contributed by atoms with Gasteiger partial charge in [0.1, 0.15) is 5.82 Å². The molecule has 2 aliphatic rings. The van der Waals surface area contributed by atoms with Crippen molar-refractivity contribution in [2.45, 2.75) is 32.2 Å². The van der Waals surface area contributed by atoms with Crippen molar-refractivity contribution in [2.24, 2.45) is 0 Å². The summed E-state index contributed by atoms with van der Waals surface area (Å²) in [6.07, 6.45) is 6.54. The number of nitrogens with one attached hydrogen (secondary N) is 1. The molecule has 1 amide bonds. The summed E-state index contributed by atoms with van der Waals surface area (Å²) in [6.45, 7) is 2.60. The maximum Gasteiger partial charge on any atom is 0.255 e. The Balaban J connectivity index is 1.46. The summed E-state index contributed by atoms with van der Waals surface area (Å²) < 4.78 is 10.7. The number of hydrogen-bond acceptors (Lipinski definition) is 5. The van der Waals surface area contributed by atoms with E-state index < -0.39 is 0 Å². The first-order valence-corrected chi connectivity index (χ1v) is 9.18. The maximum atomic E-state index is 12.8. The molecule has 6 heteroatoms. The topological polar surface area (TPSA) is 63.7 Å². The zero-order chi connectivity index (χ0) is 17.8. The first-order chi connectivity index (χ1) is 12.8. The molecule has 136 valence electrons. The van der Waals surface area contributed by atoms with Gasteiger partial charge in [0.25, 0.3) is 5.91 Å². The summed E-state index contributed by atoms with van der Waals surface area (Å²) >= 11 is 0. The molecule has 0 aliphatic carbocycles. The highest BCUT2D eigenvalue weighted by Gasteiger charge is 2.19. The minimum Gasteiger partial charge on any atom is -0.454 e. The number of ether oxygens (including phenoxy) is 2. The van der Waals surface area contributed by atoms with Crippen LogP contribution in [0.4, 0.5) is 5.82 Å². The fourth-order valence-corrected chi connectivity index (χ4v) is 3.44. The van der Waals surface area contributed by atoms with E-state index in [2.05, 4.69) is 15.2 Å². The molecule has 1 N–H and O–H groups in total. The largest absolute Gasteiger partial charge is 0.454 e. The summed E-state index contributed by atoms with van der Waals surface area (Å²) in [5, 5.41) is 3.00. The lowest BCUT2D eigenvalue weighted by Crippen LogP contribution is -2.30. The number of pyridine rings is 1. The number of amides is 1. The number of fused-ring (bicyclic) bond motifs is 1. The smallest absolute Gasteiger partial charge is 0.255 e. The summed E-state index contributed by atoms with van der Waals surface area (Å²) in [6, 6.07) is 9.38. The van der Waals surface area contributed by atoms with Crippen LogP contribution in [0.1, 0.15) is 41.6 Å². The Bertz CT molecular complexity index is 786. The molecule has 3 heterocycles. The maximum absolute atomic E-state index is 12.8. The lowest BCUT2D eigenvalue weighted by molar-refractivity contribution is 0.0951. The minimum atomic E-state index is -0.102. The second kappa shape index (κ2) is 7.64. The molecule has 4 rings (SSSR count). The van der Waals surface area contributed by atoms with E-state index in [0.717, 1.165) is 48.8 Å². The number of carbonyl (C=O) groups is 1. The van der Waals surface area contributed by atoms with Gasteiger partial charge in [0.15, 0.2) is 11.5 Å². The normalized spacial score (nSPS) is 16.2. The third kappa shape index (κ3) is 3.59. The van der Waals surface area contributed by atoms with Crippen molar-refractivity contribution in [2.75, 3.05) is 24.8 Å². The van der Waals surface area contributed by atoms with Crippen LogP contribution in [0.15, 0.2) is 36.5 Å². The van der Waals surface area contributed by atoms with Crippen LogP contribution < -0.4 is 19.7 Å². The van der Waals surface area contributed by atoms with Gasteiger partial charge in [-0.1, -0.05) is 18.9 Å². The van der Waals surface area contributed by atoms with E-state index in [0.29, 0.717) is 12.1 Å². The van der Waals surface area contributed by atoms with Crippen LogP contribution in [-0.4, -0.2) is 30.8 Å². The van der Waals surface area contributed by atoms with Gasteiger partial charge in [0, 0.05) is 25.8 Å². The van der Waals surface area contributed by atoms with Gasteiger partial charge in [-0.3, -0.25) is 4.79 Å². The van der Waals surface area contributed by atoms with E-state index in [1.165, 1.54) is 12.8 Å². The second-order valence-electron chi connectivity index (χ2n) is 6.65. The average Bonchev–Trinajstić information content (AvgIpc) is 2.98. The van der Waals surface area contributed by atoms with Crippen LogP contribution in [0.5, 0.6) is 11.5 Å². The van der Waals surface area contributed by atoms with Crippen molar-refractivity contribution in [1.82, 2.24) is 10.3 Å². The quantitative estimate of drug-likeness (QED) is 0.915. The van der Waals surface area contributed by atoms with E-state index in [-0.39, 0.29) is 12.7 Å². The molecule has 1 saturated heterocycles. The lowest BCUT2D eigenvalue weighted by Gasteiger charge is -2.23. The van der Waals surface area contributed by atoms with Crippen molar-refractivity contribution in [3.63, 3.8) is 0 Å². The third-order valence-electron chi connectivity index (χ3n) is 4.83. The van der Waals surface area contributed by atoms with Gasteiger partial charge in [-0.25, -0.2) is 4.98 Å². The molecule has 0 radical (unpaired) electrons. The van der Waals surface area contributed by atoms with Crippen molar-refractivity contribution >= 4 is 11.7 Å². The molecule has 1 fully saturated rings. The highest BCUT2D eigenvalue weighted by molar-refractivity contribution is 5.98. The molecule has 1 aromatic heterocycles. The summed E-state index contributed by atoms with van der Waals surface area (Å²) in [5.41, 5.74) is 1.61. The zero-order valence-electron chi connectivity index (χ0n) is 14.7. The molecule has 0 saturated carbocycles. The molecule has 2 aliphatic heterocycles. The Morgan fingerprint density at radius 3 is 2.73 bits per heavy atom. The fraction of sp³-hybridized carbons (Fsp3) is 0.400. The van der Waals surface area contributed by atoms with Crippen molar-refractivity contribution in [3.8, 4) is 11.5 Å². The highest BCUT2D eigenvalue weighted by atomic mass is 16.7. The number of aromatic nitrogens is 1. The van der Waals surface area contributed by atoms with Crippen LogP contribution in [-0.2, 0) is 6.54 Å². The number of carbonyl (C=O) groups excluding carboxylic acids is 1. The molecule has 2 aromatic rings. The summed E-state index contributed by atoms with van der Waals surface area (Å²) in [7, 11) is 0. The predicted molar refractivity (Wildman–Crippen MR) is 98.7 cm³/mol. The zero-order valence-corrected chi connectivity index (χ0v) is 14.7. The standard InChI is InChI=1S/C20H23N3O3/c24-20(22-13-15-7-8-17-18(12-15)26-14-25-17)16-6-5-9-21-19(16)23-10-3-1-2-4-11-23/h5-9,12H,1-4,10-11,13-14H2,(H,22,24). The van der Waals surface area contributed by atoms with E-state index in [1.54, 1.807) is 6.20 Å². The van der Waals surface area contributed by atoms with E-state index in [4.69, 9.17) is 9.47 Å².